The fourth-order valence-electron chi connectivity index (χ4n) is 3.07. The number of amides is 1. The summed E-state index contributed by atoms with van der Waals surface area (Å²) in [7, 11) is 1.51. The third-order valence-corrected chi connectivity index (χ3v) is 4.53. The van der Waals surface area contributed by atoms with Crippen LogP contribution in [0.4, 0.5) is 24.5 Å². The predicted molar refractivity (Wildman–Crippen MR) is 117 cm³/mol. The zero-order valence-electron chi connectivity index (χ0n) is 17.4. The molecule has 1 heterocycles. The highest BCUT2D eigenvalue weighted by Gasteiger charge is 2.33. The van der Waals surface area contributed by atoms with Gasteiger partial charge < -0.3 is 15.4 Å². The van der Waals surface area contributed by atoms with E-state index in [1.54, 1.807) is 36.5 Å². The number of aromatic nitrogens is 1. The molecule has 1 amide bonds. The Kier molecular flexibility index (Phi) is 7.00. The lowest BCUT2D eigenvalue weighted by Crippen LogP contribution is -2.16. The number of ether oxygens (including phenoxy) is 1. The second kappa shape index (κ2) is 9.88. The summed E-state index contributed by atoms with van der Waals surface area (Å²) in [5.74, 6) is 4.81. The minimum Gasteiger partial charge on any atom is -0.481 e. The number of hydrogen-bond acceptors (Lipinski definition) is 4. The van der Waals surface area contributed by atoms with Crippen molar-refractivity contribution >= 4 is 17.3 Å². The van der Waals surface area contributed by atoms with E-state index >= 15 is 0 Å². The molecule has 0 aliphatic heterocycles. The van der Waals surface area contributed by atoms with Crippen LogP contribution < -0.4 is 15.4 Å². The molecule has 0 aliphatic carbocycles. The smallest absolute Gasteiger partial charge is 0.417 e. The van der Waals surface area contributed by atoms with E-state index < -0.39 is 17.6 Å². The van der Waals surface area contributed by atoms with Crippen LogP contribution in [-0.4, -0.2) is 18.0 Å². The molecule has 0 atom stereocenters. The Morgan fingerprint density at radius 1 is 1.12 bits per heavy atom. The highest BCUT2D eigenvalue weighted by Crippen LogP contribution is 2.34. The Balaban J connectivity index is 1.82. The van der Waals surface area contributed by atoms with E-state index in [9.17, 15) is 18.0 Å². The van der Waals surface area contributed by atoms with Crippen LogP contribution in [0.2, 0.25) is 0 Å². The maximum atomic E-state index is 13.4. The van der Waals surface area contributed by atoms with Gasteiger partial charge in [-0.2, -0.15) is 13.2 Å². The van der Waals surface area contributed by atoms with Crippen LogP contribution in [0.1, 0.15) is 34.0 Å². The summed E-state index contributed by atoms with van der Waals surface area (Å²) in [5.41, 5.74) is 0.548. The molecule has 1 aromatic heterocycles. The zero-order valence-corrected chi connectivity index (χ0v) is 17.4. The van der Waals surface area contributed by atoms with Gasteiger partial charge in [-0.25, -0.2) is 4.98 Å². The summed E-state index contributed by atoms with van der Waals surface area (Å²) in [6.45, 7) is 1.80. The van der Waals surface area contributed by atoms with Gasteiger partial charge >= 0.3 is 6.18 Å². The molecular weight excluding hydrogens is 419 g/mol. The minimum absolute atomic E-state index is 0.0210. The van der Waals surface area contributed by atoms with E-state index in [2.05, 4.69) is 27.5 Å². The lowest BCUT2D eigenvalue weighted by atomic mass is 10.1. The SMILES string of the molecule is CC#Cc1ccc(NC(=O)c2ccccc2NCc2cccnc2OC)cc1C(F)(F)F. The number of methoxy groups -OCH3 is 1. The maximum absolute atomic E-state index is 13.4. The number of nitrogens with zero attached hydrogens (tertiary/aromatic N) is 1. The standard InChI is InChI=1S/C24H20F3N3O2/c1-3-7-16-11-12-18(14-20(16)24(25,26)27)30-22(31)19-9-4-5-10-21(19)29-15-17-8-6-13-28-23(17)32-2/h4-6,8-14,29H,15H2,1-2H3,(H,30,31). The normalized spacial score (nSPS) is 10.7. The number of alkyl halides is 3. The third kappa shape index (κ3) is 5.38. The Morgan fingerprint density at radius 3 is 2.62 bits per heavy atom. The molecule has 3 aromatic rings. The summed E-state index contributed by atoms with van der Waals surface area (Å²) < 4.78 is 45.4. The van der Waals surface area contributed by atoms with Crippen LogP contribution >= 0.6 is 0 Å². The molecule has 0 unspecified atom stereocenters. The van der Waals surface area contributed by atoms with E-state index in [0.717, 1.165) is 11.6 Å². The number of nitrogens with one attached hydrogen (secondary N) is 2. The van der Waals surface area contributed by atoms with E-state index in [4.69, 9.17) is 4.74 Å². The fourth-order valence-corrected chi connectivity index (χ4v) is 3.07. The van der Waals surface area contributed by atoms with E-state index in [0.29, 0.717) is 18.1 Å². The second-order valence-electron chi connectivity index (χ2n) is 6.66. The molecule has 0 saturated heterocycles. The number of carbonyl (C=O) groups excluding carboxylic acids is 1. The molecule has 8 heteroatoms. The Hall–Kier alpha value is -3.99. The van der Waals surface area contributed by atoms with Gasteiger partial charge in [-0.1, -0.05) is 24.1 Å². The summed E-state index contributed by atoms with van der Waals surface area (Å²) in [5, 5.41) is 5.69. The number of benzene rings is 2. The largest absolute Gasteiger partial charge is 0.481 e. The van der Waals surface area contributed by atoms with E-state index in [-0.39, 0.29) is 16.8 Å². The number of para-hydroxylation sites is 1. The molecule has 32 heavy (non-hydrogen) atoms. The first-order chi connectivity index (χ1) is 15.3. The first-order valence-corrected chi connectivity index (χ1v) is 9.59. The van der Waals surface area contributed by atoms with E-state index in [1.807, 2.05) is 6.07 Å². The fraction of sp³-hybridized carbons (Fsp3) is 0.167. The Bertz CT molecular complexity index is 1180. The topological polar surface area (TPSA) is 63.2 Å². The summed E-state index contributed by atoms with van der Waals surface area (Å²) in [4.78, 5) is 17.0. The minimum atomic E-state index is -4.60. The molecule has 5 nitrogen and oxygen atoms in total. The highest BCUT2D eigenvalue weighted by molar-refractivity contribution is 6.08. The van der Waals surface area contributed by atoms with Crippen molar-refractivity contribution in [1.82, 2.24) is 4.98 Å². The van der Waals surface area contributed by atoms with Crippen LogP contribution in [0, 0.1) is 11.8 Å². The molecule has 0 bridgehead atoms. The molecule has 164 valence electrons. The lowest BCUT2D eigenvalue weighted by molar-refractivity contribution is -0.137. The van der Waals surface area contributed by atoms with Gasteiger partial charge in [0, 0.05) is 35.2 Å². The molecule has 0 spiro atoms. The monoisotopic (exact) mass is 439 g/mol. The molecule has 0 fully saturated rings. The van der Waals surface area contributed by atoms with Crippen molar-refractivity contribution in [3.8, 4) is 17.7 Å². The van der Waals surface area contributed by atoms with Gasteiger partial charge in [-0.15, -0.1) is 5.92 Å². The van der Waals surface area contributed by atoms with Crippen LogP contribution in [0.5, 0.6) is 5.88 Å². The van der Waals surface area contributed by atoms with Crippen LogP contribution in [0.15, 0.2) is 60.8 Å². The van der Waals surface area contributed by atoms with Gasteiger partial charge in [0.25, 0.3) is 5.91 Å². The maximum Gasteiger partial charge on any atom is 0.417 e. The zero-order chi connectivity index (χ0) is 23.1. The molecule has 0 aliphatic rings. The first-order valence-electron chi connectivity index (χ1n) is 9.59. The average Bonchev–Trinajstić information content (AvgIpc) is 2.78. The van der Waals surface area contributed by atoms with Crippen molar-refractivity contribution in [2.45, 2.75) is 19.6 Å². The third-order valence-electron chi connectivity index (χ3n) is 4.53. The highest BCUT2D eigenvalue weighted by atomic mass is 19.4. The molecule has 2 N–H and O–H groups in total. The molecule has 0 radical (unpaired) electrons. The Labute approximate surface area is 183 Å². The number of hydrogen-bond donors (Lipinski definition) is 2. The first kappa shape index (κ1) is 22.7. The van der Waals surface area contributed by atoms with Crippen molar-refractivity contribution < 1.29 is 22.7 Å². The summed E-state index contributed by atoms with van der Waals surface area (Å²) in [6.07, 6.45) is -2.99. The number of pyridine rings is 1. The van der Waals surface area contributed by atoms with Crippen molar-refractivity contribution in [2.24, 2.45) is 0 Å². The molecular formula is C24H20F3N3O2. The number of halogens is 3. The molecule has 2 aromatic carbocycles. The van der Waals surface area contributed by atoms with Gasteiger partial charge in [0.15, 0.2) is 0 Å². The van der Waals surface area contributed by atoms with Crippen LogP contribution in [0.3, 0.4) is 0 Å². The van der Waals surface area contributed by atoms with Crippen LogP contribution in [0.25, 0.3) is 0 Å². The van der Waals surface area contributed by atoms with Gasteiger partial charge in [0.05, 0.1) is 18.2 Å². The molecule has 3 rings (SSSR count). The number of rotatable bonds is 6. The van der Waals surface area contributed by atoms with Crippen molar-refractivity contribution in [1.29, 1.82) is 0 Å². The van der Waals surface area contributed by atoms with Gasteiger partial charge in [0.1, 0.15) is 0 Å². The van der Waals surface area contributed by atoms with Gasteiger partial charge in [-0.3, -0.25) is 4.79 Å². The van der Waals surface area contributed by atoms with Gasteiger partial charge in [0.2, 0.25) is 5.88 Å². The van der Waals surface area contributed by atoms with Crippen LogP contribution in [-0.2, 0) is 12.7 Å². The number of anilines is 2. The van der Waals surface area contributed by atoms with Crippen molar-refractivity contribution in [3.63, 3.8) is 0 Å². The predicted octanol–water partition coefficient (Wildman–Crippen LogP) is 5.34. The summed E-state index contributed by atoms with van der Waals surface area (Å²) >= 11 is 0. The quantitative estimate of drug-likeness (QED) is 0.509. The lowest BCUT2D eigenvalue weighted by Gasteiger charge is -2.15. The van der Waals surface area contributed by atoms with Gasteiger partial charge in [-0.05, 0) is 43.3 Å². The Morgan fingerprint density at radius 2 is 1.91 bits per heavy atom. The van der Waals surface area contributed by atoms with E-state index in [1.165, 1.54) is 26.2 Å². The molecule has 0 saturated carbocycles. The van der Waals surface area contributed by atoms with Crippen molar-refractivity contribution in [3.05, 3.63) is 83.0 Å². The summed E-state index contributed by atoms with van der Waals surface area (Å²) in [6, 6.07) is 13.8. The number of carbonyl (C=O) groups is 1. The van der Waals surface area contributed by atoms with Crippen molar-refractivity contribution in [2.75, 3.05) is 17.7 Å². The second-order valence-corrected chi connectivity index (χ2v) is 6.66. The average molecular weight is 439 g/mol.